The molecule has 0 aliphatic heterocycles. The van der Waals surface area contributed by atoms with Crippen LogP contribution in [0, 0.1) is 10.1 Å². The maximum Gasteiger partial charge on any atom is 0.269 e. The van der Waals surface area contributed by atoms with E-state index in [2.05, 4.69) is 18.1 Å². The van der Waals surface area contributed by atoms with Gasteiger partial charge in [-0.05, 0) is 30.5 Å². The maximum absolute atomic E-state index is 10.8. The van der Waals surface area contributed by atoms with Crippen LogP contribution in [0.25, 0.3) is 0 Å². The first kappa shape index (κ1) is 14.5. The number of hydrogen-bond donors (Lipinski definition) is 0. The van der Waals surface area contributed by atoms with Crippen molar-refractivity contribution in [2.24, 2.45) is 0 Å². The first-order valence-corrected chi connectivity index (χ1v) is 6.91. The summed E-state index contributed by atoms with van der Waals surface area (Å²) in [6, 6.07) is 6.54. The highest BCUT2D eigenvalue weighted by Crippen LogP contribution is 2.23. The van der Waals surface area contributed by atoms with Crippen molar-refractivity contribution in [2.45, 2.75) is 33.2 Å². The summed E-state index contributed by atoms with van der Waals surface area (Å²) >= 11 is 6.12. The molecule has 1 aromatic heterocycles. The molecule has 6 heteroatoms. The number of nitrogens with zero attached hydrogens (tertiary/aromatic N) is 3. The van der Waals surface area contributed by atoms with Gasteiger partial charge in [0, 0.05) is 22.8 Å². The second-order valence-corrected chi connectivity index (χ2v) is 4.93. The highest BCUT2D eigenvalue weighted by atomic mass is 35.5. The average Bonchev–Trinajstić information content (AvgIpc) is 2.83. The molecule has 0 fully saturated rings. The minimum absolute atomic E-state index is 0.0466. The molecule has 0 saturated carbocycles. The van der Waals surface area contributed by atoms with Crippen molar-refractivity contribution in [1.82, 2.24) is 9.78 Å². The molecule has 5 nitrogen and oxygen atoms in total. The van der Waals surface area contributed by atoms with Crippen molar-refractivity contribution in [1.29, 1.82) is 0 Å². The monoisotopic (exact) mass is 293 g/mol. The van der Waals surface area contributed by atoms with Crippen molar-refractivity contribution >= 4 is 17.3 Å². The van der Waals surface area contributed by atoms with Crippen LogP contribution in [0.2, 0.25) is 5.02 Å². The Morgan fingerprint density at radius 1 is 1.30 bits per heavy atom. The molecule has 0 unspecified atom stereocenters. The van der Waals surface area contributed by atoms with E-state index in [4.69, 9.17) is 11.6 Å². The van der Waals surface area contributed by atoms with E-state index in [1.165, 1.54) is 12.1 Å². The highest BCUT2D eigenvalue weighted by Gasteiger charge is 2.12. The Balaban J connectivity index is 2.36. The summed E-state index contributed by atoms with van der Waals surface area (Å²) in [6.45, 7) is 4.55. The first-order valence-electron chi connectivity index (χ1n) is 6.53. The molecule has 0 saturated heterocycles. The van der Waals surface area contributed by atoms with Crippen molar-refractivity contribution in [3.8, 4) is 0 Å². The number of aromatic nitrogens is 2. The normalized spacial score (nSPS) is 10.8. The van der Waals surface area contributed by atoms with Gasteiger partial charge in [-0.2, -0.15) is 5.10 Å². The van der Waals surface area contributed by atoms with Crippen molar-refractivity contribution in [2.75, 3.05) is 0 Å². The van der Waals surface area contributed by atoms with E-state index in [1.807, 2.05) is 11.6 Å². The van der Waals surface area contributed by atoms with Gasteiger partial charge in [0.05, 0.1) is 17.2 Å². The van der Waals surface area contributed by atoms with E-state index >= 15 is 0 Å². The van der Waals surface area contributed by atoms with Crippen LogP contribution in [0.15, 0.2) is 24.3 Å². The lowest BCUT2D eigenvalue weighted by molar-refractivity contribution is -0.384. The molecular weight excluding hydrogens is 278 g/mol. The van der Waals surface area contributed by atoms with Crippen LogP contribution in [-0.4, -0.2) is 14.7 Å². The fraction of sp³-hybridized carbons (Fsp3) is 0.357. The number of hydrogen-bond acceptors (Lipinski definition) is 3. The first-order chi connectivity index (χ1) is 9.55. The Hall–Kier alpha value is -1.88. The molecule has 1 aromatic carbocycles. The Morgan fingerprint density at radius 2 is 2.05 bits per heavy atom. The molecule has 0 N–H and O–H groups in total. The summed E-state index contributed by atoms with van der Waals surface area (Å²) in [6.07, 6.45) is 1.72. The van der Waals surface area contributed by atoms with Crippen LogP contribution >= 0.6 is 11.6 Å². The second-order valence-electron chi connectivity index (χ2n) is 4.52. The fourth-order valence-corrected chi connectivity index (χ4v) is 2.24. The lowest BCUT2D eigenvalue weighted by atomic mass is 10.2. The smallest absolute Gasteiger partial charge is 0.265 e. The van der Waals surface area contributed by atoms with E-state index < -0.39 is 4.92 Å². The second kappa shape index (κ2) is 6.05. The highest BCUT2D eigenvalue weighted by molar-refractivity contribution is 6.31. The SMILES string of the molecule is CCc1cc(CC)n(Cc2cc([N+](=O)[O-])ccc2Cl)n1. The minimum Gasteiger partial charge on any atom is -0.265 e. The fourth-order valence-electron chi connectivity index (χ4n) is 2.07. The summed E-state index contributed by atoms with van der Waals surface area (Å²) in [5, 5.41) is 15.8. The van der Waals surface area contributed by atoms with Gasteiger partial charge in [-0.15, -0.1) is 0 Å². The third-order valence-corrected chi connectivity index (χ3v) is 3.57. The molecular formula is C14H16ClN3O2. The van der Waals surface area contributed by atoms with E-state index in [-0.39, 0.29) is 5.69 Å². The van der Waals surface area contributed by atoms with E-state index in [0.717, 1.165) is 24.2 Å². The van der Waals surface area contributed by atoms with Crippen LogP contribution in [0.5, 0.6) is 0 Å². The molecule has 0 amide bonds. The molecule has 20 heavy (non-hydrogen) atoms. The molecule has 0 aliphatic carbocycles. The molecule has 0 atom stereocenters. The van der Waals surface area contributed by atoms with Gasteiger partial charge in [0.1, 0.15) is 0 Å². The zero-order chi connectivity index (χ0) is 14.7. The number of non-ortho nitro benzene ring substituents is 1. The Kier molecular flexibility index (Phi) is 4.39. The van der Waals surface area contributed by atoms with E-state index in [1.54, 1.807) is 6.07 Å². The molecule has 106 valence electrons. The lowest BCUT2D eigenvalue weighted by Gasteiger charge is -2.07. The van der Waals surface area contributed by atoms with Gasteiger partial charge >= 0.3 is 0 Å². The maximum atomic E-state index is 10.8. The van der Waals surface area contributed by atoms with Gasteiger partial charge in [0.2, 0.25) is 0 Å². The van der Waals surface area contributed by atoms with Crippen LogP contribution in [-0.2, 0) is 19.4 Å². The number of nitro groups is 1. The minimum atomic E-state index is -0.416. The molecule has 1 heterocycles. The van der Waals surface area contributed by atoms with Gasteiger partial charge in [-0.3, -0.25) is 14.8 Å². The van der Waals surface area contributed by atoms with Gasteiger partial charge in [-0.1, -0.05) is 25.4 Å². The number of halogens is 1. The lowest BCUT2D eigenvalue weighted by Crippen LogP contribution is -2.07. The third kappa shape index (κ3) is 2.99. The summed E-state index contributed by atoms with van der Waals surface area (Å²) in [4.78, 5) is 10.4. The topological polar surface area (TPSA) is 61.0 Å². The Bertz CT molecular complexity index is 637. The average molecular weight is 294 g/mol. The standard InChI is InChI=1S/C14H16ClN3O2/c1-3-11-8-12(4-2)17(16-11)9-10-7-13(18(19)20)5-6-14(10)15/h5-8H,3-4,9H2,1-2H3. The zero-order valence-corrected chi connectivity index (χ0v) is 12.2. The molecule has 0 spiro atoms. The number of benzene rings is 1. The van der Waals surface area contributed by atoms with E-state index in [0.29, 0.717) is 17.1 Å². The number of aryl methyl sites for hydroxylation is 2. The summed E-state index contributed by atoms with van der Waals surface area (Å²) in [7, 11) is 0. The number of rotatable bonds is 5. The van der Waals surface area contributed by atoms with Crippen LogP contribution in [0.3, 0.4) is 0 Å². The van der Waals surface area contributed by atoms with E-state index in [9.17, 15) is 10.1 Å². The van der Waals surface area contributed by atoms with Crippen molar-refractivity contribution in [3.05, 3.63) is 56.4 Å². The molecule has 0 radical (unpaired) electrons. The molecule has 0 aliphatic rings. The quantitative estimate of drug-likeness (QED) is 0.625. The molecule has 2 rings (SSSR count). The summed E-state index contributed by atoms with van der Waals surface area (Å²) in [5.74, 6) is 0. The van der Waals surface area contributed by atoms with Gasteiger partial charge in [-0.25, -0.2) is 0 Å². The predicted octanol–water partition coefficient (Wildman–Crippen LogP) is 3.62. The Morgan fingerprint density at radius 3 is 2.65 bits per heavy atom. The van der Waals surface area contributed by atoms with Crippen LogP contribution in [0.4, 0.5) is 5.69 Å². The molecule has 0 bridgehead atoms. The Labute approximate surface area is 122 Å². The van der Waals surface area contributed by atoms with Gasteiger partial charge < -0.3 is 0 Å². The summed E-state index contributed by atoms with van der Waals surface area (Å²) in [5.41, 5.74) is 2.87. The molecule has 2 aromatic rings. The number of nitro benzene ring substituents is 1. The largest absolute Gasteiger partial charge is 0.269 e. The van der Waals surface area contributed by atoms with Crippen LogP contribution in [0.1, 0.15) is 30.8 Å². The predicted molar refractivity (Wildman–Crippen MR) is 78.2 cm³/mol. The summed E-state index contributed by atoms with van der Waals surface area (Å²) < 4.78 is 1.86. The van der Waals surface area contributed by atoms with Gasteiger partial charge in [0.15, 0.2) is 0 Å². The zero-order valence-electron chi connectivity index (χ0n) is 11.5. The third-order valence-electron chi connectivity index (χ3n) is 3.20. The van der Waals surface area contributed by atoms with Crippen molar-refractivity contribution in [3.63, 3.8) is 0 Å². The van der Waals surface area contributed by atoms with Crippen LogP contribution < -0.4 is 0 Å². The van der Waals surface area contributed by atoms with Gasteiger partial charge in [0.25, 0.3) is 5.69 Å². The van der Waals surface area contributed by atoms with Crippen molar-refractivity contribution < 1.29 is 4.92 Å².